The van der Waals surface area contributed by atoms with Crippen molar-refractivity contribution in [1.82, 2.24) is 14.5 Å². The first-order chi connectivity index (χ1) is 17.5. The number of benzene rings is 2. The van der Waals surface area contributed by atoms with Gasteiger partial charge in [0.25, 0.3) is 5.56 Å². The summed E-state index contributed by atoms with van der Waals surface area (Å²) in [4.78, 5) is 39.0. The second-order valence-electron chi connectivity index (χ2n) is 8.59. The Bertz CT molecular complexity index is 1500. The number of aryl methyl sites for hydroxylation is 1. The molecule has 0 fully saturated rings. The number of rotatable bonds is 8. The monoisotopic (exact) mass is 502 g/mol. The first-order valence-corrected chi connectivity index (χ1v) is 12.0. The molecule has 1 atom stereocenters. The Morgan fingerprint density at radius 1 is 1.08 bits per heavy atom. The van der Waals surface area contributed by atoms with Gasteiger partial charge in [-0.25, -0.2) is 4.98 Å². The summed E-state index contributed by atoms with van der Waals surface area (Å²) in [6, 6.07) is 16.3. The van der Waals surface area contributed by atoms with Crippen LogP contribution in [-0.4, -0.2) is 31.3 Å². The molecule has 0 saturated carbocycles. The smallest absolute Gasteiger partial charge is 0.303 e. The standard InChI is InChI=1S/C27H23ClN4O4/c28-19-6-8-20(9-7-19)32-25(3-1-2-4-26(33)34)30-23-15-18(5-10-21(23)27(32)35)22-16-24(36-31-22)17-11-13-29-14-12-17/h5-15,24H,1-4,16H2,(H,33,34). The van der Waals surface area contributed by atoms with Gasteiger partial charge in [-0.05, 0) is 66.9 Å². The number of unbranched alkanes of at least 4 members (excludes halogenated alkanes) is 1. The highest BCUT2D eigenvalue weighted by molar-refractivity contribution is 6.30. The van der Waals surface area contributed by atoms with Crippen LogP contribution >= 0.6 is 11.6 Å². The Balaban J connectivity index is 1.50. The molecule has 0 radical (unpaired) electrons. The topological polar surface area (TPSA) is 107 Å². The second kappa shape index (κ2) is 10.3. The average molecular weight is 503 g/mol. The Morgan fingerprint density at radius 2 is 1.86 bits per heavy atom. The zero-order valence-corrected chi connectivity index (χ0v) is 20.1. The number of carbonyl (C=O) groups is 1. The lowest BCUT2D eigenvalue weighted by Gasteiger charge is -2.14. The maximum atomic E-state index is 13.6. The fourth-order valence-electron chi connectivity index (χ4n) is 4.30. The van der Waals surface area contributed by atoms with E-state index < -0.39 is 5.97 Å². The third kappa shape index (κ3) is 4.99. The fourth-order valence-corrected chi connectivity index (χ4v) is 4.43. The predicted molar refractivity (Wildman–Crippen MR) is 137 cm³/mol. The van der Waals surface area contributed by atoms with Crippen molar-refractivity contribution in [2.45, 2.75) is 38.2 Å². The van der Waals surface area contributed by atoms with Gasteiger partial charge in [0.15, 0.2) is 6.10 Å². The van der Waals surface area contributed by atoms with E-state index in [9.17, 15) is 9.59 Å². The Labute approximate surface area is 211 Å². The molecule has 1 aliphatic heterocycles. The number of carboxylic acids is 1. The molecule has 36 heavy (non-hydrogen) atoms. The van der Waals surface area contributed by atoms with Crippen LogP contribution in [0.25, 0.3) is 16.6 Å². The van der Waals surface area contributed by atoms with Crippen LogP contribution in [0.1, 0.15) is 48.7 Å². The number of hydrogen-bond donors (Lipinski definition) is 1. The summed E-state index contributed by atoms with van der Waals surface area (Å²) < 4.78 is 1.58. The highest BCUT2D eigenvalue weighted by atomic mass is 35.5. The first-order valence-electron chi connectivity index (χ1n) is 11.7. The van der Waals surface area contributed by atoms with E-state index in [0.29, 0.717) is 53.1 Å². The number of oxime groups is 1. The van der Waals surface area contributed by atoms with Crippen molar-refractivity contribution in [3.63, 3.8) is 0 Å². The van der Waals surface area contributed by atoms with E-state index in [1.807, 2.05) is 24.3 Å². The Morgan fingerprint density at radius 3 is 2.61 bits per heavy atom. The zero-order valence-electron chi connectivity index (χ0n) is 19.3. The summed E-state index contributed by atoms with van der Waals surface area (Å²) >= 11 is 6.05. The van der Waals surface area contributed by atoms with Crippen LogP contribution in [0.3, 0.4) is 0 Å². The molecule has 0 aliphatic carbocycles. The molecule has 0 spiro atoms. The number of fused-ring (bicyclic) bond motifs is 1. The van der Waals surface area contributed by atoms with Gasteiger partial charge in [-0.15, -0.1) is 0 Å². The van der Waals surface area contributed by atoms with Gasteiger partial charge in [0.2, 0.25) is 0 Å². The van der Waals surface area contributed by atoms with Crippen molar-refractivity contribution in [2.24, 2.45) is 5.16 Å². The van der Waals surface area contributed by atoms with Gasteiger partial charge in [0.1, 0.15) is 5.82 Å². The van der Waals surface area contributed by atoms with Crippen molar-refractivity contribution < 1.29 is 14.7 Å². The largest absolute Gasteiger partial charge is 0.481 e. The van der Waals surface area contributed by atoms with E-state index >= 15 is 0 Å². The lowest BCUT2D eigenvalue weighted by molar-refractivity contribution is -0.137. The molecule has 9 heteroatoms. The molecule has 3 heterocycles. The van der Waals surface area contributed by atoms with Gasteiger partial charge in [0.05, 0.1) is 22.3 Å². The fraction of sp³-hybridized carbons (Fsp3) is 0.222. The lowest BCUT2D eigenvalue weighted by Crippen LogP contribution is -2.24. The molecule has 0 bridgehead atoms. The van der Waals surface area contributed by atoms with Crippen LogP contribution in [-0.2, 0) is 16.1 Å². The molecule has 0 saturated heterocycles. The minimum absolute atomic E-state index is 0.0708. The quantitative estimate of drug-likeness (QED) is 0.336. The molecule has 4 aromatic rings. The van der Waals surface area contributed by atoms with Gasteiger partial charge in [-0.2, -0.15) is 0 Å². The van der Waals surface area contributed by atoms with E-state index in [-0.39, 0.29) is 18.1 Å². The van der Waals surface area contributed by atoms with Crippen molar-refractivity contribution in [3.8, 4) is 5.69 Å². The Hall–Kier alpha value is -4.04. The summed E-state index contributed by atoms with van der Waals surface area (Å²) in [7, 11) is 0. The molecule has 1 unspecified atom stereocenters. The average Bonchev–Trinajstić information content (AvgIpc) is 3.38. The van der Waals surface area contributed by atoms with E-state index in [1.165, 1.54) is 0 Å². The number of aliphatic carboxylic acids is 1. The summed E-state index contributed by atoms with van der Waals surface area (Å²) in [6.45, 7) is 0. The van der Waals surface area contributed by atoms with Gasteiger partial charge in [0, 0.05) is 42.2 Å². The number of pyridine rings is 1. The van der Waals surface area contributed by atoms with Crippen molar-refractivity contribution >= 4 is 34.2 Å². The van der Waals surface area contributed by atoms with E-state index in [0.717, 1.165) is 16.8 Å². The minimum atomic E-state index is -0.842. The highest BCUT2D eigenvalue weighted by Gasteiger charge is 2.24. The molecule has 5 rings (SSSR count). The molecule has 1 N–H and O–H groups in total. The SMILES string of the molecule is O=C(O)CCCCc1nc2cc(C3=NOC(c4ccncc4)C3)ccc2c(=O)n1-c1ccc(Cl)cc1. The summed E-state index contributed by atoms with van der Waals surface area (Å²) in [5, 5.41) is 14.3. The van der Waals surface area contributed by atoms with Crippen LogP contribution in [0.5, 0.6) is 0 Å². The summed E-state index contributed by atoms with van der Waals surface area (Å²) in [5.74, 6) is -0.275. The molecule has 2 aromatic carbocycles. The van der Waals surface area contributed by atoms with Crippen molar-refractivity contribution in [2.75, 3.05) is 0 Å². The van der Waals surface area contributed by atoms with E-state index in [1.54, 1.807) is 47.3 Å². The number of aromatic nitrogens is 3. The highest BCUT2D eigenvalue weighted by Crippen LogP contribution is 2.30. The maximum absolute atomic E-state index is 13.6. The van der Waals surface area contributed by atoms with Gasteiger partial charge >= 0.3 is 5.97 Å². The second-order valence-corrected chi connectivity index (χ2v) is 9.03. The summed E-state index contributed by atoms with van der Waals surface area (Å²) in [5.41, 5.74) is 3.65. The molecule has 182 valence electrons. The molecule has 0 amide bonds. The molecule has 8 nitrogen and oxygen atoms in total. The minimum Gasteiger partial charge on any atom is -0.481 e. The molecular weight excluding hydrogens is 480 g/mol. The summed E-state index contributed by atoms with van der Waals surface area (Å²) in [6.07, 6.45) is 5.47. The van der Waals surface area contributed by atoms with Crippen LogP contribution in [0, 0.1) is 0 Å². The number of hydrogen-bond acceptors (Lipinski definition) is 6. The van der Waals surface area contributed by atoms with Gasteiger partial charge in [-0.1, -0.05) is 22.8 Å². The van der Waals surface area contributed by atoms with Crippen LogP contribution < -0.4 is 5.56 Å². The molecule has 1 aliphatic rings. The molecular formula is C27H23ClN4O4. The van der Waals surface area contributed by atoms with E-state index in [4.69, 9.17) is 26.5 Å². The first kappa shape index (κ1) is 23.7. The van der Waals surface area contributed by atoms with Gasteiger partial charge < -0.3 is 9.94 Å². The number of carboxylic acid groups (broad SMARTS) is 1. The lowest BCUT2D eigenvalue weighted by atomic mass is 10.00. The van der Waals surface area contributed by atoms with E-state index in [2.05, 4.69) is 10.1 Å². The van der Waals surface area contributed by atoms with Gasteiger partial charge in [-0.3, -0.25) is 19.1 Å². The third-order valence-corrected chi connectivity index (χ3v) is 6.40. The zero-order chi connectivity index (χ0) is 25.1. The Kier molecular flexibility index (Phi) is 6.77. The van der Waals surface area contributed by atoms with Crippen LogP contribution in [0.4, 0.5) is 0 Å². The number of nitrogens with zero attached hydrogens (tertiary/aromatic N) is 4. The normalized spacial score (nSPS) is 15.0. The number of halogens is 1. The van der Waals surface area contributed by atoms with Crippen LogP contribution in [0.2, 0.25) is 5.02 Å². The predicted octanol–water partition coefficient (Wildman–Crippen LogP) is 5.10. The maximum Gasteiger partial charge on any atom is 0.303 e. The molecule has 2 aromatic heterocycles. The van der Waals surface area contributed by atoms with Crippen molar-refractivity contribution in [3.05, 3.63) is 99.3 Å². The van der Waals surface area contributed by atoms with Crippen LogP contribution in [0.15, 0.2) is 76.9 Å². The van der Waals surface area contributed by atoms with Crippen molar-refractivity contribution in [1.29, 1.82) is 0 Å². The third-order valence-electron chi connectivity index (χ3n) is 6.14.